The van der Waals surface area contributed by atoms with Crippen molar-refractivity contribution in [3.05, 3.63) is 27.8 Å². The summed E-state index contributed by atoms with van der Waals surface area (Å²) in [5, 5.41) is 2.88. The number of para-hydroxylation sites is 1. The molecule has 21 heavy (non-hydrogen) atoms. The first-order valence-corrected chi connectivity index (χ1v) is 9.51. The molecule has 6 nitrogen and oxygen atoms in total. The van der Waals surface area contributed by atoms with E-state index in [1.54, 1.807) is 0 Å². The Kier molecular flexibility index (Phi) is 5.58. The molecule has 1 saturated heterocycles. The van der Waals surface area contributed by atoms with Gasteiger partial charge in [-0.15, -0.1) is 0 Å². The lowest BCUT2D eigenvalue weighted by Crippen LogP contribution is -2.50. The zero-order chi connectivity index (χ0) is 15.5. The fourth-order valence-electron chi connectivity index (χ4n) is 2.17. The lowest BCUT2D eigenvalue weighted by atomic mass is 10.3. The summed E-state index contributed by atoms with van der Waals surface area (Å²) < 4.78 is 25.3. The van der Waals surface area contributed by atoms with Crippen LogP contribution < -0.4 is 5.32 Å². The minimum atomic E-state index is -3.13. The third kappa shape index (κ3) is 4.90. The molecule has 0 unspecified atom stereocenters. The van der Waals surface area contributed by atoms with Crippen LogP contribution in [0.15, 0.2) is 24.3 Å². The van der Waals surface area contributed by atoms with Gasteiger partial charge in [0.25, 0.3) is 0 Å². The van der Waals surface area contributed by atoms with Gasteiger partial charge in [-0.2, -0.15) is 4.31 Å². The largest absolute Gasteiger partial charge is 0.324 e. The SMILES string of the molecule is CS(=O)(=O)N1CCN(CC(=O)Nc2ccccc2I)CC1. The van der Waals surface area contributed by atoms with Crippen LogP contribution in [0.4, 0.5) is 5.69 Å². The van der Waals surface area contributed by atoms with Gasteiger partial charge in [0.15, 0.2) is 0 Å². The van der Waals surface area contributed by atoms with Crippen molar-refractivity contribution in [1.29, 1.82) is 0 Å². The van der Waals surface area contributed by atoms with Crippen molar-refractivity contribution >= 4 is 44.2 Å². The molecule has 1 N–H and O–H groups in total. The molecule has 0 aromatic heterocycles. The number of piperazine rings is 1. The number of rotatable bonds is 4. The number of nitrogens with zero attached hydrogens (tertiary/aromatic N) is 2. The van der Waals surface area contributed by atoms with Crippen molar-refractivity contribution in [3.63, 3.8) is 0 Å². The highest BCUT2D eigenvalue weighted by molar-refractivity contribution is 14.1. The van der Waals surface area contributed by atoms with E-state index in [1.165, 1.54) is 10.6 Å². The summed E-state index contributed by atoms with van der Waals surface area (Å²) in [4.78, 5) is 14.0. The predicted molar refractivity (Wildman–Crippen MR) is 90.6 cm³/mol. The van der Waals surface area contributed by atoms with E-state index in [0.29, 0.717) is 26.2 Å². The topological polar surface area (TPSA) is 69.7 Å². The molecule has 0 saturated carbocycles. The van der Waals surface area contributed by atoms with Crippen molar-refractivity contribution in [1.82, 2.24) is 9.21 Å². The quantitative estimate of drug-likeness (QED) is 0.728. The molecule has 116 valence electrons. The molecule has 1 aromatic carbocycles. The van der Waals surface area contributed by atoms with Crippen LogP contribution >= 0.6 is 22.6 Å². The van der Waals surface area contributed by atoms with E-state index in [9.17, 15) is 13.2 Å². The van der Waals surface area contributed by atoms with Crippen LogP contribution in [-0.2, 0) is 14.8 Å². The molecule has 0 spiro atoms. The van der Waals surface area contributed by atoms with Crippen molar-refractivity contribution in [2.75, 3.05) is 44.3 Å². The second-order valence-electron chi connectivity index (χ2n) is 4.97. The van der Waals surface area contributed by atoms with E-state index >= 15 is 0 Å². The van der Waals surface area contributed by atoms with Gasteiger partial charge in [-0.05, 0) is 34.7 Å². The Labute approximate surface area is 138 Å². The van der Waals surface area contributed by atoms with Crippen LogP contribution in [0.1, 0.15) is 0 Å². The highest BCUT2D eigenvalue weighted by Gasteiger charge is 2.24. The maximum atomic E-state index is 12.0. The zero-order valence-electron chi connectivity index (χ0n) is 11.8. The van der Waals surface area contributed by atoms with Crippen LogP contribution in [0.2, 0.25) is 0 Å². The number of amides is 1. The maximum Gasteiger partial charge on any atom is 0.238 e. The van der Waals surface area contributed by atoms with Gasteiger partial charge in [0.05, 0.1) is 18.5 Å². The second-order valence-corrected chi connectivity index (χ2v) is 8.11. The lowest BCUT2D eigenvalue weighted by molar-refractivity contribution is -0.117. The first-order chi connectivity index (χ1) is 9.86. The molecular formula is C13H18IN3O3S. The van der Waals surface area contributed by atoms with Gasteiger partial charge < -0.3 is 5.32 Å². The normalized spacial score (nSPS) is 17.6. The number of anilines is 1. The third-order valence-electron chi connectivity index (χ3n) is 3.32. The first-order valence-electron chi connectivity index (χ1n) is 6.58. The number of carbonyl (C=O) groups is 1. The number of halogens is 1. The average molecular weight is 423 g/mol. The van der Waals surface area contributed by atoms with Gasteiger partial charge in [-0.1, -0.05) is 12.1 Å². The minimum absolute atomic E-state index is 0.0769. The van der Waals surface area contributed by atoms with Gasteiger partial charge in [0.2, 0.25) is 15.9 Å². The molecule has 1 aliphatic rings. The summed E-state index contributed by atoms with van der Waals surface area (Å²) in [6.07, 6.45) is 1.21. The zero-order valence-corrected chi connectivity index (χ0v) is 14.7. The Morgan fingerprint density at radius 2 is 1.86 bits per heavy atom. The minimum Gasteiger partial charge on any atom is -0.324 e. The van der Waals surface area contributed by atoms with Crippen molar-refractivity contribution in [2.24, 2.45) is 0 Å². The van der Waals surface area contributed by atoms with Crippen LogP contribution in [0.3, 0.4) is 0 Å². The van der Waals surface area contributed by atoms with E-state index in [2.05, 4.69) is 27.9 Å². The van der Waals surface area contributed by atoms with Gasteiger partial charge in [-0.25, -0.2) is 8.42 Å². The molecule has 0 radical (unpaired) electrons. The highest BCUT2D eigenvalue weighted by atomic mass is 127. The number of hydrogen-bond acceptors (Lipinski definition) is 4. The van der Waals surface area contributed by atoms with Crippen molar-refractivity contribution in [2.45, 2.75) is 0 Å². The Morgan fingerprint density at radius 3 is 2.43 bits per heavy atom. The smallest absolute Gasteiger partial charge is 0.238 e. The molecular weight excluding hydrogens is 405 g/mol. The molecule has 0 bridgehead atoms. The Morgan fingerprint density at radius 1 is 1.24 bits per heavy atom. The Balaban J connectivity index is 1.84. The molecule has 1 fully saturated rings. The van der Waals surface area contributed by atoms with Crippen LogP contribution in [0.25, 0.3) is 0 Å². The summed E-state index contributed by atoms with van der Waals surface area (Å²) in [6, 6.07) is 7.59. The number of benzene rings is 1. The fourth-order valence-corrected chi connectivity index (χ4v) is 3.52. The molecule has 0 aliphatic carbocycles. The van der Waals surface area contributed by atoms with Crippen LogP contribution in [-0.4, -0.2) is 62.5 Å². The number of carbonyl (C=O) groups excluding carboxylic acids is 1. The van der Waals surface area contributed by atoms with Gasteiger partial charge in [0, 0.05) is 29.7 Å². The van der Waals surface area contributed by atoms with Crippen molar-refractivity contribution < 1.29 is 13.2 Å². The van der Waals surface area contributed by atoms with E-state index in [0.717, 1.165) is 9.26 Å². The lowest BCUT2D eigenvalue weighted by Gasteiger charge is -2.32. The number of nitrogens with one attached hydrogen (secondary N) is 1. The number of sulfonamides is 1. The molecule has 2 rings (SSSR count). The maximum absolute atomic E-state index is 12.0. The van der Waals surface area contributed by atoms with E-state index in [-0.39, 0.29) is 12.5 Å². The summed E-state index contributed by atoms with van der Waals surface area (Å²) >= 11 is 2.17. The Hall–Kier alpha value is -0.710. The van der Waals surface area contributed by atoms with Crippen LogP contribution in [0.5, 0.6) is 0 Å². The van der Waals surface area contributed by atoms with E-state index in [1.807, 2.05) is 29.2 Å². The Bertz CT molecular complexity index is 613. The molecule has 8 heteroatoms. The second kappa shape index (κ2) is 7.03. The molecule has 0 atom stereocenters. The molecule has 1 aliphatic heterocycles. The van der Waals surface area contributed by atoms with Gasteiger partial charge >= 0.3 is 0 Å². The van der Waals surface area contributed by atoms with Crippen molar-refractivity contribution in [3.8, 4) is 0 Å². The molecule has 1 amide bonds. The monoisotopic (exact) mass is 423 g/mol. The molecule has 1 aromatic rings. The highest BCUT2D eigenvalue weighted by Crippen LogP contribution is 2.16. The average Bonchev–Trinajstić information content (AvgIpc) is 2.41. The van der Waals surface area contributed by atoms with E-state index in [4.69, 9.17) is 0 Å². The third-order valence-corrected chi connectivity index (χ3v) is 5.56. The molecule has 1 heterocycles. The summed E-state index contributed by atoms with van der Waals surface area (Å²) in [7, 11) is -3.13. The van der Waals surface area contributed by atoms with Crippen LogP contribution in [0, 0.1) is 3.57 Å². The standard InChI is InChI=1S/C13H18IN3O3S/c1-21(19,20)17-8-6-16(7-9-17)10-13(18)15-12-5-3-2-4-11(12)14/h2-5H,6-10H2,1H3,(H,15,18). The van der Waals surface area contributed by atoms with Gasteiger partial charge in [-0.3, -0.25) is 9.69 Å². The summed E-state index contributed by atoms with van der Waals surface area (Å²) in [5.41, 5.74) is 0.804. The number of hydrogen-bond donors (Lipinski definition) is 1. The fraction of sp³-hybridized carbons (Fsp3) is 0.462. The summed E-state index contributed by atoms with van der Waals surface area (Å²) in [6.45, 7) is 2.31. The van der Waals surface area contributed by atoms with Gasteiger partial charge in [0.1, 0.15) is 0 Å². The first kappa shape index (κ1) is 16.7. The van der Waals surface area contributed by atoms with E-state index < -0.39 is 10.0 Å². The summed E-state index contributed by atoms with van der Waals surface area (Å²) in [5.74, 6) is -0.0769. The predicted octanol–water partition coefficient (Wildman–Crippen LogP) is 0.807.